The van der Waals surface area contributed by atoms with Gasteiger partial charge in [-0.1, -0.05) is 63.2 Å². The normalized spacial score (nSPS) is 28.7. The third-order valence-electron chi connectivity index (χ3n) is 6.36. The van der Waals surface area contributed by atoms with Gasteiger partial charge in [0.1, 0.15) is 0 Å². The number of benzene rings is 1. The van der Waals surface area contributed by atoms with Gasteiger partial charge in [-0.05, 0) is 47.3 Å². The van der Waals surface area contributed by atoms with Crippen molar-refractivity contribution in [2.24, 2.45) is 16.7 Å². The largest absolute Gasteiger partial charge is 0.248 e. The van der Waals surface area contributed by atoms with Crippen LogP contribution in [0.3, 0.4) is 0 Å². The maximum absolute atomic E-state index is 4.99. The van der Waals surface area contributed by atoms with E-state index in [0.29, 0.717) is 11.3 Å². The molecule has 1 saturated carbocycles. The Morgan fingerprint density at radius 3 is 2.27 bits per heavy atom. The Hall–Kier alpha value is -1.89. The quantitative estimate of drug-likeness (QED) is 0.702. The molecule has 1 heterocycles. The summed E-state index contributed by atoms with van der Waals surface area (Å²) < 4.78 is 0. The third kappa shape index (κ3) is 1.75. The predicted octanol–water partition coefficient (Wildman–Crippen LogP) is 5.59. The van der Waals surface area contributed by atoms with Crippen molar-refractivity contribution in [3.8, 4) is 11.3 Å². The Labute approximate surface area is 133 Å². The first-order valence-electron chi connectivity index (χ1n) is 8.27. The lowest BCUT2D eigenvalue weighted by atomic mass is 9.67. The molecule has 4 rings (SSSR count). The second-order valence-corrected chi connectivity index (χ2v) is 7.55. The summed E-state index contributed by atoms with van der Waals surface area (Å²) in [6, 6.07) is 16.9. The lowest BCUT2D eigenvalue weighted by Crippen LogP contribution is -2.29. The molecule has 22 heavy (non-hydrogen) atoms. The minimum Gasteiger partial charge on any atom is -0.248 e. The highest BCUT2D eigenvalue weighted by molar-refractivity contribution is 5.74. The van der Waals surface area contributed by atoms with E-state index in [-0.39, 0.29) is 5.41 Å². The molecule has 0 radical (unpaired) electrons. The average molecular weight is 289 g/mol. The SMILES string of the molecule is CC1(C)[C@H]2C=C(c3cccc(-c4ccccc4)n3)[C@]1(C)CC2. The van der Waals surface area contributed by atoms with Gasteiger partial charge in [-0.15, -0.1) is 0 Å². The van der Waals surface area contributed by atoms with Crippen LogP contribution < -0.4 is 0 Å². The number of pyridine rings is 1. The zero-order valence-corrected chi connectivity index (χ0v) is 13.6. The molecule has 1 heteroatoms. The highest BCUT2D eigenvalue weighted by atomic mass is 14.7. The molecular formula is C21H23N. The molecule has 0 spiro atoms. The van der Waals surface area contributed by atoms with Gasteiger partial charge < -0.3 is 0 Å². The Bertz CT molecular complexity index is 742. The highest BCUT2D eigenvalue weighted by Gasteiger charge is 2.57. The topological polar surface area (TPSA) is 12.9 Å². The molecule has 0 aliphatic heterocycles. The van der Waals surface area contributed by atoms with Gasteiger partial charge in [0, 0.05) is 5.56 Å². The number of aromatic nitrogens is 1. The number of rotatable bonds is 2. The van der Waals surface area contributed by atoms with Gasteiger partial charge in [-0.2, -0.15) is 0 Å². The molecule has 2 aromatic rings. The van der Waals surface area contributed by atoms with E-state index in [0.717, 1.165) is 5.69 Å². The molecule has 2 aliphatic rings. The van der Waals surface area contributed by atoms with Gasteiger partial charge in [0.2, 0.25) is 0 Å². The highest BCUT2D eigenvalue weighted by Crippen LogP contribution is 2.67. The predicted molar refractivity (Wildman–Crippen MR) is 92.3 cm³/mol. The first-order chi connectivity index (χ1) is 10.5. The molecule has 1 aromatic carbocycles. The van der Waals surface area contributed by atoms with Gasteiger partial charge in [-0.3, -0.25) is 0 Å². The molecule has 0 N–H and O–H groups in total. The van der Waals surface area contributed by atoms with E-state index in [1.807, 2.05) is 0 Å². The fourth-order valence-corrected chi connectivity index (χ4v) is 4.42. The first kappa shape index (κ1) is 13.8. The van der Waals surface area contributed by atoms with Crippen molar-refractivity contribution in [3.05, 3.63) is 60.3 Å². The molecular weight excluding hydrogens is 266 g/mol. The van der Waals surface area contributed by atoms with E-state index in [2.05, 4.69) is 75.4 Å². The Morgan fingerprint density at radius 2 is 1.64 bits per heavy atom. The van der Waals surface area contributed by atoms with E-state index < -0.39 is 0 Å². The number of hydrogen-bond acceptors (Lipinski definition) is 1. The van der Waals surface area contributed by atoms with Gasteiger partial charge in [-0.25, -0.2) is 4.98 Å². The van der Waals surface area contributed by atoms with E-state index >= 15 is 0 Å². The van der Waals surface area contributed by atoms with Crippen LogP contribution in [0.5, 0.6) is 0 Å². The monoisotopic (exact) mass is 289 g/mol. The molecule has 1 aromatic heterocycles. The molecule has 2 bridgehead atoms. The lowest BCUT2D eigenvalue weighted by Gasteiger charge is -2.37. The number of hydrogen-bond donors (Lipinski definition) is 0. The summed E-state index contributed by atoms with van der Waals surface area (Å²) in [5, 5.41) is 0. The van der Waals surface area contributed by atoms with E-state index in [4.69, 9.17) is 4.98 Å². The van der Waals surface area contributed by atoms with Gasteiger partial charge in [0.15, 0.2) is 0 Å². The van der Waals surface area contributed by atoms with Gasteiger partial charge >= 0.3 is 0 Å². The van der Waals surface area contributed by atoms with Crippen molar-refractivity contribution < 1.29 is 0 Å². The number of nitrogens with zero attached hydrogens (tertiary/aromatic N) is 1. The summed E-state index contributed by atoms with van der Waals surface area (Å²) >= 11 is 0. The maximum Gasteiger partial charge on any atom is 0.0709 e. The molecule has 112 valence electrons. The molecule has 0 saturated heterocycles. The number of allylic oxidation sites excluding steroid dienone is 2. The third-order valence-corrected chi connectivity index (χ3v) is 6.36. The first-order valence-corrected chi connectivity index (χ1v) is 8.27. The Morgan fingerprint density at radius 1 is 0.909 bits per heavy atom. The second kappa shape index (κ2) is 4.55. The Kier molecular flexibility index (Phi) is 2.84. The smallest absolute Gasteiger partial charge is 0.0709 e. The minimum absolute atomic E-state index is 0.264. The summed E-state index contributed by atoms with van der Waals surface area (Å²) in [5.41, 5.74) is 5.51. The van der Waals surface area contributed by atoms with Crippen LogP contribution in [-0.2, 0) is 0 Å². The Balaban J connectivity index is 1.78. The van der Waals surface area contributed by atoms with Crippen LogP contribution in [0.1, 0.15) is 39.3 Å². The summed E-state index contributed by atoms with van der Waals surface area (Å²) in [7, 11) is 0. The zero-order valence-electron chi connectivity index (χ0n) is 13.6. The van der Waals surface area contributed by atoms with Gasteiger partial charge in [0.05, 0.1) is 11.4 Å². The van der Waals surface area contributed by atoms with Crippen LogP contribution in [0.2, 0.25) is 0 Å². The van der Waals surface area contributed by atoms with Crippen molar-refractivity contribution in [3.63, 3.8) is 0 Å². The van der Waals surface area contributed by atoms with Crippen LogP contribution in [0.4, 0.5) is 0 Å². The molecule has 0 unspecified atom stereocenters. The standard InChI is InChI=1S/C21H23N/c1-20(2)16-12-13-21(20,3)17(14-16)19-11-7-10-18(22-19)15-8-5-4-6-9-15/h4-11,14,16H,12-13H2,1-3H3/t16-,21+/m1/s1. The minimum atomic E-state index is 0.264. The molecule has 2 aliphatic carbocycles. The van der Waals surface area contributed by atoms with Crippen molar-refractivity contribution in [2.45, 2.75) is 33.6 Å². The van der Waals surface area contributed by atoms with Crippen LogP contribution in [0.25, 0.3) is 16.8 Å². The van der Waals surface area contributed by atoms with E-state index in [1.54, 1.807) is 0 Å². The summed E-state index contributed by atoms with van der Waals surface area (Å²) in [6.45, 7) is 7.28. The van der Waals surface area contributed by atoms with Crippen LogP contribution in [-0.4, -0.2) is 4.98 Å². The molecule has 2 atom stereocenters. The molecule has 1 fully saturated rings. The summed E-state index contributed by atoms with van der Waals surface area (Å²) in [6.07, 6.45) is 5.11. The fourth-order valence-electron chi connectivity index (χ4n) is 4.42. The fraction of sp³-hybridized carbons (Fsp3) is 0.381. The van der Waals surface area contributed by atoms with E-state index in [9.17, 15) is 0 Å². The molecule has 0 amide bonds. The zero-order chi connectivity index (χ0) is 15.4. The van der Waals surface area contributed by atoms with Crippen molar-refractivity contribution in [1.29, 1.82) is 0 Å². The summed E-state index contributed by atoms with van der Waals surface area (Å²) in [4.78, 5) is 4.99. The second-order valence-electron chi connectivity index (χ2n) is 7.55. The van der Waals surface area contributed by atoms with Crippen molar-refractivity contribution in [2.75, 3.05) is 0 Å². The van der Waals surface area contributed by atoms with E-state index in [1.165, 1.54) is 29.7 Å². The van der Waals surface area contributed by atoms with Crippen molar-refractivity contribution >= 4 is 5.57 Å². The lowest BCUT2D eigenvalue weighted by molar-refractivity contribution is 0.189. The van der Waals surface area contributed by atoms with Crippen LogP contribution in [0, 0.1) is 16.7 Å². The van der Waals surface area contributed by atoms with Crippen LogP contribution in [0.15, 0.2) is 54.6 Å². The summed E-state index contributed by atoms with van der Waals surface area (Å²) in [5.74, 6) is 0.703. The van der Waals surface area contributed by atoms with Crippen molar-refractivity contribution in [1.82, 2.24) is 4.98 Å². The number of fused-ring (bicyclic) bond motifs is 2. The van der Waals surface area contributed by atoms with Gasteiger partial charge in [0.25, 0.3) is 0 Å². The maximum atomic E-state index is 4.99. The van der Waals surface area contributed by atoms with Crippen LogP contribution >= 0.6 is 0 Å². The molecule has 1 nitrogen and oxygen atoms in total. The average Bonchev–Trinajstić information content (AvgIpc) is 2.89.